The monoisotopic (exact) mass is 734 g/mol. The molecule has 0 spiro atoms. The number of hydrogen-bond donors (Lipinski definition) is 4. The van der Waals surface area contributed by atoms with E-state index in [1.165, 1.54) is 5.56 Å². The van der Waals surface area contributed by atoms with Crippen LogP contribution in [0, 0.1) is 0 Å². The molecule has 2 aliphatic rings. The van der Waals surface area contributed by atoms with Crippen LogP contribution in [0.1, 0.15) is 85.2 Å². The van der Waals surface area contributed by atoms with E-state index >= 15 is 0 Å². The van der Waals surface area contributed by atoms with Crippen molar-refractivity contribution in [3.63, 3.8) is 0 Å². The van der Waals surface area contributed by atoms with E-state index in [1.807, 2.05) is 24.3 Å². The van der Waals surface area contributed by atoms with Gasteiger partial charge in [-0.3, -0.25) is 24.6 Å². The lowest BCUT2D eigenvalue weighted by atomic mass is 9.98. The number of hydrogen-bond acceptors (Lipinski definition) is 8. The molecule has 4 N–H and O–H groups in total. The van der Waals surface area contributed by atoms with Crippen molar-refractivity contribution >= 4 is 11.8 Å². The van der Waals surface area contributed by atoms with E-state index < -0.39 is 6.29 Å². The van der Waals surface area contributed by atoms with Gasteiger partial charge in [-0.25, -0.2) is 5.48 Å². The van der Waals surface area contributed by atoms with Crippen molar-refractivity contribution in [1.29, 1.82) is 0 Å². The van der Waals surface area contributed by atoms with Crippen LogP contribution in [0.2, 0.25) is 0 Å². The van der Waals surface area contributed by atoms with Crippen molar-refractivity contribution in [2.45, 2.75) is 83.1 Å². The van der Waals surface area contributed by atoms with E-state index in [0.717, 1.165) is 98.3 Å². The first-order chi connectivity index (χ1) is 26.4. The van der Waals surface area contributed by atoms with Gasteiger partial charge in [0.15, 0.2) is 6.29 Å². The number of rotatable bonds is 17. The number of nitrogens with zero attached hydrogens (tertiary/aromatic N) is 2. The summed E-state index contributed by atoms with van der Waals surface area (Å²) in [5.41, 5.74) is 9.09. The topological polar surface area (TPSA) is 124 Å². The molecule has 3 atom stereocenters. The molecule has 4 aromatic rings. The first-order valence-electron chi connectivity index (χ1n) is 19.3. The highest BCUT2D eigenvalue weighted by Crippen LogP contribution is 2.39. The van der Waals surface area contributed by atoms with Gasteiger partial charge in [0.1, 0.15) is 0 Å². The van der Waals surface area contributed by atoms with Gasteiger partial charge in [0.2, 0.25) is 11.8 Å². The SMILES string of the molecule is O=C(CCCCCCC(=O)NCc1cccc(-c2ccc([C@@H]3O[C@H](CN4CCN(Cc5ccccc5)CC4)C[C@H](c4ccc(CO)cc4)O3)cc2)c1)NO. The second-order valence-corrected chi connectivity index (χ2v) is 14.5. The van der Waals surface area contributed by atoms with Gasteiger partial charge in [-0.15, -0.1) is 0 Å². The summed E-state index contributed by atoms with van der Waals surface area (Å²) in [6.45, 7) is 6.34. The van der Waals surface area contributed by atoms with E-state index in [-0.39, 0.29) is 30.6 Å². The molecule has 0 bridgehead atoms. The van der Waals surface area contributed by atoms with Crippen LogP contribution >= 0.6 is 0 Å². The van der Waals surface area contributed by atoms with Crippen LogP contribution in [-0.4, -0.2) is 70.8 Å². The Balaban J connectivity index is 1.04. The molecule has 2 amide bonds. The lowest BCUT2D eigenvalue weighted by molar-refractivity contribution is -0.253. The molecule has 6 rings (SSSR count). The Morgan fingerprint density at radius 3 is 2.04 bits per heavy atom. The molecule has 2 saturated heterocycles. The molecule has 0 aliphatic carbocycles. The highest BCUT2D eigenvalue weighted by Gasteiger charge is 2.34. The zero-order valence-corrected chi connectivity index (χ0v) is 31.1. The number of aliphatic hydroxyl groups excluding tert-OH is 1. The molecule has 2 fully saturated rings. The van der Waals surface area contributed by atoms with Crippen molar-refractivity contribution in [2.75, 3.05) is 32.7 Å². The van der Waals surface area contributed by atoms with Crippen LogP contribution < -0.4 is 10.8 Å². The van der Waals surface area contributed by atoms with Crippen LogP contribution in [0.25, 0.3) is 11.1 Å². The quantitative estimate of drug-likeness (QED) is 0.0539. The first-order valence-corrected chi connectivity index (χ1v) is 19.3. The fourth-order valence-corrected chi connectivity index (χ4v) is 7.26. The molecular weight excluding hydrogens is 681 g/mol. The number of nitrogens with one attached hydrogen (secondary N) is 2. The maximum atomic E-state index is 12.5. The highest BCUT2D eigenvalue weighted by atomic mass is 16.7. The van der Waals surface area contributed by atoms with Gasteiger partial charge in [-0.1, -0.05) is 110 Å². The van der Waals surface area contributed by atoms with Gasteiger partial charge in [0, 0.05) is 70.6 Å². The molecule has 286 valence electrons. The van der Waals surface area contributed by atoms with E-state index in [0.29, 0.717) is 25.8 Å². The number of hydroxylamine groups is 1. The molecule has 0 radical (unpaired) electrons. The van der Waals surface area contributed by atoms with Crippen molar-refractivity contribution in [3.05, 3.63) is 131 Å². The van der Waals surface area contributed by atoms with E-state index in [2.05, 4.69) is 94.0 Å². The lowest BCUT2D eigenvalue weighted by Crippen LogP contribution is -2.49. The largest absolute Gasteiger partial charge is 0.392 e. The highest BCUT2D eigenvalue weighted by molar-refractivity contribution is 5.76. The van der Waals surface area contributed by atoms with Crippen LogP contribution in [0.5, 0.6) is 0 Å². The standard InChI is InChI=1S/C44H54N4O6/c49-32-34-15-17-37(18-16-34)41-28-40(31-48-25-23-47(24-26-48)30-33-9-4-3-5-10-33)53-44(54-41)38-21-19-36(20-22-38)39-12-8-11-35(27-39)29-45-42(50)13-6-1-2-7-14-43(51)46-52/h3-5,8-12,15-22,27,40-41,44,49,52H,1-2,6-7,13-14,23-26,28-32H2,(H,45,50)(H,46,51)/t40-,41+,44+/m0/s1. The van der Waals surface area contributed by atoms with Crippen LogP contribution in [0.3, 0.4) is 0 Å². The number of ether oxygens (including phenoxy) is 2. The summed E-state index contributed by atoms with van der Waals surface area (Å²) in [4.78, 5) is 28.6. The summed E-state index contributed by atoms with van der Waals surface area (Å²) in [7, 11) is 0. The molecule has 0 unspecified atom stereocenters. The molecular formula is C44H54N4O6. The second kappa shape index (κ2) is 20.3. The molecule has 4 aromatic carbocycles. The predicted octanol–water partition coefficient (Wildman–Crippen LogP) is 6.67. The normalized spacial score (nSPS) is 19.3. The fourth-order valence-electron chi connectivity index (χ4n) is 7.26. The van der Waals surface area contributed by atoms with Crippen molar-refractivity contribution in [1.82, 2.24) is 20.6 Å². The maximum Gasteiger partial charge on any atom is 0.243 e. The summed E-state index contributed by atoms with van der Waals surface area (Å²) < 4.78 is 13.3. The Labute approximate surface area is 319 Å². The van der Waals surface area contributed by atoms with E-state index in [9.17, 15) is 14.7 Å². The van der Waals surface area contributed by atoms with Crippen molar-refractivity contribution in [3.8, 4) is 11.1 Å². The Kier molecular flexibility index (Phi) is 14.8. The van der Waals surface area contributed by atoms with Crippen molar-refractivity contribution in [2.24, 2.45) is 0 Å². The zero-order chi connectivity index (χ0) is 37.5. The molecule has 10 nitrogen and oxygen atoms in total. The fraction of sp³-hybridized carbons (Fsp3) is 0.409. The predicted molar refractivity (Wildman–Crippen MR) is 208 cm³/mol. The first kappa shape index (κ1) is 39.3. The Morgan fingerprint density at radius 2 is 1.33 bits per heavy atom. The maximum absolute atomic E-state index is 12.5. The van der Waals surface area contributed by atoms with Gasteiger partial charge >= 0.3 is 0 Å². The summed E-state index contributed by atoms with van der Waals surface area (Å²) in [6, 6.07) is 35.3. The molecule has 0 saturated carbocycles. The average Bonchev–Trinajstić information content (AvgIpc) is 3.22. The van der Waals surface area contributed by atoms with Gasteiger partial charge in [-0.05, 0) is 52.3 Å². The van der Waals surface area contributed by atoms with Gasteiger partial charge in [0.05, 0.1) is 18.8 Å². The van der Waals surface area contributed by atoms with Crippen molar-refractivity contribution < 1.29 is 29.4 Å². The number of carbonyl (C=O) groups excluding carboxylic acids is 2. The summed E-state index contributed by atoms with van der Waals surface area (Å²) in [5, 5.41) is 21.2. The van der Waals surface area contributed by atoms with E-state index in [4.69, 9.17) is 14.7 Å². The number of piperazine rings is 1. The average molecular weight is 735 g/mol. The van der Waals surface area contributed by atoms with Crippen LogP contribution in [-0.2, 0) is 38.8 Å². The van der Waals surface area contributed by atoms with Gasteiger partial charge in [0.25, 0.3) is 0 Å². The molecule has 10 heteroatoms. The minimum atomic E-state index is -0.513. The lowest BCUT2D eigenvalue weighted by Gasteiger charge is -2.40. The van der Waals surface area contributed by atoms with Gasteiger partial charge in [-0.2, -0.15) is 0 Å². The zero-order valence-electron chi connectivity index (χ0n) is 31.1. The number of amides is 2. The number of unbranched alkanes of at least 4 members (excludes halogenated alkanes) is 3. The minimum Gasteiger partial charge on any atom is -0.392 e. The third-order valence-electron chi connectivity index (χ3n) is 10.4. The molecule has 0 aromatic heterocycles. The Bertz CT molecular complexity index is 1750. The van der Waals surface area contributed by atoms with Crippen LogP contribution in [0.15, 0.2) is 103 Å². The Hall–Kier alpha value is -4.42. The summed E-state index contributed by atoms with van der Waals surface area (Å²) >= 11 is 0. The summed E-state index contributed by atoms with van der Waals surface area (Å²) in [6.07, 6.45) is 4.00. The summed E-state index contributed by atoms with van der Waals surface area (Å²) in [5.74, 6) is -0.366. The number of benzene rings is 4. The van der Waals surface area contributed by atoms with Crippen LogP contribution in [0.4, 0.5) is 0 Å². The van der Waals surface area contributed by atoms with Gasteiger partial charge < -0.3 is 19.9 Å². The number of aliphatic hydroxyl groups is 1. The third-order valence-corrected chi connectivity index (χ3v) is 10.4. The molecule has 54 heavy (non-hydrogen) atoms. The second-order valence-electron chi connectivity index (χ2n) is 14.5. The van der Waals surface area contributed by atoms with E-state index in [1.54, 1.807) is 5.48 Å². The third kappa shape index (κ3) is 11.8. The smallest absolute Gasteiger partial charge is 0.243 e. The molecule has 2 aliphatic heterocycles. The minimum absolute atomic E-state index is 0.00129. The Morgan fingerprint density at radius 1 is 0.667 bits per heavy atom. The number of carbonyl (C=O) groups is 2. The molecule has 2 heterocycles.